The van der Waals surface area contributed by atoms with E-state index in [9.17, 15) is 4.79 Å². The Morgan fingerprint density at radius 2 is 2.26 bits per heavy atom. The summed E-state index contributed by atoms with van der Waals surface area (Å²) in [6.45, 7) is 2.74. The van der Waals surface area contributed by atoms with Gasteiger partial charge in [-0.05, 0) is 47.1 Å². The second-order valence-corrected chi connectivity index (χ2v) is 6.55. The van der Waals surface area contributed by atoms with E-state index < -0.39 is 5.97 Å². The van der Waals surface area contributed by atoms with E-state index >= 15 is 0 Å². The van der Waals surface area contributed by atoms with Crippen molar-refractivity contribution >= 4 is 33.2 Å². The smallest absolute Gasteiger partial charge is 0.373 e. The molecule has 2 heterocycles. The zero-order valence-electron chi connectivity index (χ0n) is 10.6. The first-order chi connectivity index (χ1) is 9.10. The van der Waals surface area contributed by atoms with Crippen molar-refractivity contribution in [2.75, 3.05) is 7.11 Å². The van der Waals surface area contributed by atoms with Gasteiger partial charge >= 0.3 is 5.97 Å². The topological polar surface area (TPSA) is 51.5 Å². The van der Waals surface area contributed by atoms with Crippen LogP contribution in [0.1, 0.15) is 34.2 Å². The zero-order valence-corrected chi connectivity index (χ0v) is 13.0. The number of halogens is 1. The number of furan rings is 1. The van der Waals surface area contributed by atoms with Crippen molar-refractivity contribution in [1.29, 1.82) is 0 Å². The van der Waals surface area contributed by atoms with Crippen LogP contribution >= 0.6 is 27.3 Å². The Kier molecular flexibility index (Phi) is 4.79. The average molecular weight is 344 g/mol. The van der Waals surface area contributed by atoms with Gasteiger partial charge in [-0.15, -0.1) is 11.3 Å². The number of hydrogen-bond acceptors (Lipinski definition) is 5. The average Bonchev–Trinajstić information content (AvgIpc) is 3.04. The molecule has 4 nitrogen and oxygen atoms in total. The zero-order chi connectivity index (χ0) is 13.8. The molecule has 0 bridgehead atoms. The number of hydrogen-bond donors (Lipinski definition) is 1. The van der Waals surface area contributed by atoms with Gasteiger partial charge in [-0.1, -0.05) is 0 Å². The Labute approximate surface area is 123 Å². The molecule has 1 unspecified atom stereocenters. The fourth-order valence-electron chi connectivity index (χ4n) is 1.60. The van der Waals surface area contributed by atoms with Crippen molar-refractivity contribution < 1.29 is 13.9 Å². The Hall–Kier alpha value is -1.11. The van der Waals surface area contributed by atoms with Crippen LogP contribution in [0.2, 0.25) is 0 Å². The monoisotopic (exact) mass is 343 g/mol. The van der Waals surface area contributed by atoms with Gasteiger partial charge in [0.1, 0.15) is 5.76 Å². The second-order valence-electron chi connectivity index (χ2n) is 4.00. The number of nitrogens with one attached hydrogen (secondary N) is 1. The number of rotatable bonds is 5. The number of carbonyl (C=O) groups is 1. The Balaban J connectivity index is 1.94. The van der Waals surface area contributed by atoms with E-state index in [-0.39, 0.29) is 11.8 Å². The van der Waals surface area contributed by atoms with Gasteiger partial charge in [0.05, 0.1) is 16.9 Å². The van der Waals surface area contributed by atoms with Crippen LogP contribution in [0, 0.1) is 0 Å². The highest BCUT2D eigenvalue weighted by atomic mass is 79.9. The molecule has 1 N–H and O–H groups in total. The molecule has 2 aromatic rings. The summed E-state index contributed by atoms with van der Waals surface area (Å²) in [5.41, 5.74) is 0. The molecule has 0 aliphatic rings. The normalized spacial score (nSPS) is 12.4. The molecular formula is C13H14BrNO3S. The first-order valence-corrected chi connectivity index (χ1v) is 7.36. The summed E-state index contributed by atoms with van der Waals surface area (Å²) in [5, 5.41) is 3.34. The molecule has 102 valence electrons. The molecule has 2 rings (SSSR count). The Morgan fingerprint density at radius 3 is 2.89 bits per heavy atom. The van der Waals surface area contributed by atoms with Crippen molar-refractivity contribution in [3.8, 4) is 0 Å². The molecule has 0 spiro atoms. The van der Waals surface area contributed by atoms with Gasteiger partial charge in [0.25, 0.3) is 0 Å². The van der Waals surface area contributed by atoms with Gasteiger partial charge in [0.2, 0.25) is 5.76 Å². The minimum atomic E-state index is -0.458. The lowest BCUT2D eigenvalue weighted by atomic mass is 10.2. The standard InChI is InChI=1S/C13H14BrNO3S/c1-8(15-7-9-3-6-12(14)19-9)10-4-5-11(18-10)13(16)17-2/h3-6,8,15H,7H2,1-2H3. The fourth-order valence-corrected chi connectivity index (χ4v) is 3.03. The maximum atomic E-state index is 11.3. The van der Waals surface area contributed by atoms with Crippen molar-refractivity contribution in [2.24, 2.45) is 0 Å². The lowest BCUT2D eigenvalue weighted by Crippen LogP contribution is -2.16. The molecule has 2 aromatic heterocycles. The van der Waals surface area contributed by atoms with E-state index in [0.717, 1.165) is 16.1 Å². The Bertz CT molecular complexity index is 564. The molecule has 19 heavy (non-hydrogen) atoms. The maximum absolute atomic E-state index is 11.3. The van der Waals surface area contributed by atoms with Crippen LogP contribution in [0.25, 0.3) is 0 Å². The van der Waals surface area contributed by atoms with Crippen molar-refractivity contribution in [2.45, 2.75) is 19.5 Å². The minimum absolute atomic E-state index is 0.0271. The van der Waals surface area contributed by atoms with E-state index in [1.54, 1.807) is 23.5 Å². The van der Waals surface area contributed by atoms with Gasteiger partial charge in [0.15, 0.2) is 0 Å². The third-order valence-electron chi connectivity index (χ3n) is 2.65. The highest BCUT2D eigenvalue weighted by Gasteiger charge is 2.15. The lowest BCUT2D eigenvalue weighted by Gasteiger charge is -2.10. The summed E-state index contributed by atoms with van der Waals surface area (Å²) in [7, 11) is 1.33. The first kappa shape index (κ1) is 14.3. The molecular weight excluding hydrogens is 330 g/mol. The number of ether oxygens (including phenoxy) is 1. The van der Waals surface area contributed by atoms with Crippen LogP contribution < -0.4 is 5.32 Å². The molecule has 0 aliphatic heterocycles. The summed E-state index contributed by atoms with van der Waals surface area (Å²) >= 11 is 5.12. The fraction of sp³-hybridized carbons (Fsp3) is 0.308. The highest BCUT2D eigenvalue weighted by molar-refractivity contribution is 9.11. The number of esters is 1. The van der Waals surface area contributed by atoms with E-state index in [1.807, 2.05) is 13.0 Å². The van der Waals surface area contributed by atoms with Crippen LogP contribution in [-0.2, 0) is 11.3 Å². The molecule has 0 fully saturated rings. The molecule has 0 saturated heterocycles. The summed E-state index contributed by atoms with van der Waals surface area (Å²) in [6.07, 6.45) is 0. The molecule has 6 heteroatoms. The number of thiophene rings is 1. The van der Waals surface area contributed by atoms with Crippen molar-refractivity contribution in [3.63, 3.8) is 0 Å². The number of methoxy groups -OCH3 is 1. The van der Waals surface area contributed by atoms with Crippen LogP contribution in [0.15, 0.2) is 32.5 Å². The van der Waals surface area contributed by atoms with Crippen LogP contribution in [-0.4, -0.2) is 13.1 Å². The third kappa shape index (κ3) is 3.68. The summed E-state index contributed by atoms with van der Waals surface area (Å²) in [5.74, 6) is 0.488. The molecule has 0 aliphatic carbocycles. The van der Waals surface area contributed by atoms with E-state index in [0.29, 0.717) is 0 Å². The molecule has 0 saturated carbocycles. The van der Waals surface area contributed by atoms with Gasteiger partial charge < -0.3 is 14.5 Å². The molecule has 0 amide bonds. The first-order valence-electron chi connectivity index (χ1n) is 5.76. The largest absolute Gasteiger partial charge is 0.463 e. The molecule has 0 radical (unpaired) electrons. The number of carbonyl (C=O) groups excluding carboxylic acids is 1. The van der Waals surface area contributed by atoms with Gasteiger partial charge in [0, 0.05) is 11.4 Å². The predicted octanol–water partition coefficient (Wildman–Crippen LogP) is 3.74. The quantitative estimate of drug-likeness (QED) is 0.840. The molecule has 1 atom stereocenters. The van der Waals surface area contributed by atoms with E-state index in [4.69, 9.17) is 4.42 Å². The van der Waals surface area contributed by atoms with Crippen LogP contribution in [0.5, 0.6) is 0 Å². The summed E-state index contributed by atoms with van der Waals surface area (Å²) in [6, 6.07) is 7.53. The van der Waals surface area contributed by atoms with E-state index in [2.05, 4.69) is 32.0 Å². The third-order valence-corrected chi connectivity index (χ3v) is 4.28. The highest BCUT2D eigenvalue weighted by Crippen LogP contribution is 2.23. The predicted molar refractivity (Wildman–Crippen MR) is 77.3 cm³/mol. The van der Waals surface area contributed by atoms with Crippen molar-refractivity contribution in [3.05, 3.63) is 44.4 Å². The summed E-state index contributed by atoms with van der Waals surface area (Å²) in [4.78, 5) is 12.5. The molecule has 0 aromatic carbocycles. The minimum Gasteiger partial charge on any atom is -0.463 e. The second kappa shape index (κ2) is 6.36. The lowest BCUT2D eigenvalue weighted by molar-refractivity contribution is 0.0562. The maximum Gasteiger partial charge on any atom is 0.373 e. The SMILES string of the molecule is COC(=O)c1ccc(C(C)NCc2ccc(Br)s2)o1. The van der Waals surface area contributed by atoms with Crippen LogP contribution in [0.3, 0.4) is 0 Å². The van der Waals surface area contributed by atoms with Gasteiger partial charge in [-0.3, -0.25) is 0 Å². The van der Waals surface area contributed by atoms with Crippen molar-refractivity contribution in [1.82, 2.24) is 5.32 Å². The van der Waals surface area contributed by atoms with E-state index in [1.165, 1.54) is 12.0 Å². The summed E-state index contributed by atoms with van der Waals surface area (Å²) < 4.78 is 11.2. The Morgan fingerprint density at radius 1 is 1.47 bits per heavy atom. The van der Waals surface area contributed by atoms with Crippen LogP contribution in [0.4, 0.5) is 0 Å². The van der Waals surface area contributed by atoms with Gasteiger partial charge in [-0.25, -0.2) is 4.79 Å². The van der Waals surface area contributed by atoms with Gasteiger partial charge in [-0.2, -0.15) is 0 Å².